The smallest absolute Gasteiger partial charge is 0.343 e. The third-order valence-electron chi connectivity index (χ3n) is 5.56. The van der Waals surface area contributed by atoms with Gasteiger partial charge in [-0.05, 0) is 56.7 Å². The predicted octanol–water partition coefficient (Wildman–Crippen LogP) is 5.23. The minimum absolute atomic E-state index is 0.000921. The van der Waals surface area contributed by atoms with Crippen LogP contribution in [0.3, 0.4) is 0 Å². The first-order chi connectivity index (χ1) is 16.9. The molecule has 0 fully saturated rings. The van der Waals surface area contributed by atoms with Gasteiger partial charge in [-0.1, -0.05) is 29.8 Å². The van der Waals surface area contributed by atoms with Crippen molar-refractivity contribution in [2.24, 2.45) is 5.73 Å². The Balaban J connectivity index is 1.71. The molecular formula is C28H26N2O5. The first-order valence-electron chi connectivity index (χ1n) is 11.3. The standard InChI is InChI=1S/C28H26N2O5/c1-4-32-23-12-9-18(14-25(23)33-5-2)26-21-11-10-20(15-24(21)35-27(30)22(26)16-29)34-28(31)19-8-6-7-17(3)13-19/h6-15,26H,4-5,30H2,1-3H3. The van der Waals surface area contributed by atoms with Crippen molar-refractivity contribution in [2.75, 3.05) is 13.2 Å². The number of fused-ring (bicyclic) bond motifs is 1. The van der Waals surface area contributed by atoms with Crippen LogP contribution in [-0.2, 0) is 0 Å². The highest BCUT2D eigenvalue weighted by molar-refractivity contribution is 5.91. The van der Waals surface area contributed by atoms with Gasteiger partial charge in [0.2, 0.25) is 5.88 Å². The van der Waals surface area contributed by atoms with E-state index >= 15 is 0 Å². The zero-order valence-electron chi connectivity index (χ0n) is 19.8. The fourth-order valence-corrected chi connectivity index (χ4v) is 4.03. The number of esters is 1. The fraction of sp³-hybridized carbons (Fsp3) is 0.214. The van der Waals surface area contributed by atoms with Crippen molar-refractivity contribution in [2.45, 2.75) is 26.7 Å². The molecule has 0 saturated heterocycles. The van der Waals surface area contributed by atoms with E-state index in [9.17, 15) is 10.1 Å². The number of rotatable bonds is 7. The molecule has 0 aliphatic carbocycles. The Bertz CT molecular complexity index is 1340. The van der Waals surface area contributed by atoms with Gasteiger partial charge in [-0.2, -0.15) is 5.26 Å². The zero-order chi connectivity index (χ0) is 24.9. The topological polar surface area (TPSA) is 104 Å². The number of allylic oxidation sites excluding steroid dienone is 1. The number of nitrogens with zero attached hydrogens (tertiary/aromatic N) is 1. The van der Waals surface area contributed by atoms with Gasteiger partial charge in [0, 0.05) is 11.6 Å². The highest BCUT2D eigenvalue weighted by Crippen LogP contribution is 2.45. The Hall–Kier alpha value is -4.44. The van der Waals surface area contributed by atoms with Gasteiger partial charge in [0.15, 0.2) is 11.5 Å². The van der Waals surface area contributed by atoms with E-state index in [2.05, 4.69) is 6.07 Å². The summed E-state index contributed by atoms with van der Waals surface area (Å²) in [5.41, 5.74) is 9.35. The van der Waals surface area contributed by atoms with E-state index in [1.54, 1.807) is 36.4 Å². The van der Waals surface area contributed by atoms with Crippen LogP contribution >= 0.6 is 0 Å². The molecule has 1 heterocycles. The molecule has 3 aromatic carbocycles. The van der Waals surface area contributed by atoms with E-state index in [0.717, 1.165) is 16.7 Å². The molecule has 3 aromatic rings. The van der Waals surface area contributed by atoms with Crippen LogP contribution < -0.4 is 24.7 Å². The molecule has 0 spiro atoms. The summed E-state index contributed by atoms with van der Waals surface area (Å²) in [6.07, 6.45) is 0. The average Bonchev–Trinajstić information content (AvgIpc) is 2.84. The molecule has 4 rings (SSSR count). The van der Waals surface area contributed by atoms with Gasteiger partial charge in [0.25, 0.3) is 0 Å². The Morgan fingerprint density at radius 3 is 2.51 bits per heavy atom. The second-order valence-electron chi connectivity index (χ2n) is 7.96. The van der Waals surface area contributed by atoms with E-state index in [1.165, 1.54) is 0 Å². The monoisotopic (exact) mass is 470 g/mol. The summed E-state index contributed by atoms with van der Waals surface area (Å²) in [6, 6.07) is 20.0. The molecule has 0 saturated carbocycles. The molecule has 0 bridgehead atoms. The lowest BCUT2D eigenvalue weighted by Gasteiger charge is -2.27. The summed E-state index contributed by atoms with van der Waals surface area (Å²) in [7, 11) is 0. The number of aryl methyl sites for hydroxylation is 1. The number of ether oxygens (including phenoxy) is 4. The summed E-state index contributed by atoms with van der Waals surface area (Å²) in [4.78, 5) is 12.6. The molecule has 0 amide bonds. The lowest BCUT2D eigenvalue weighted by atomic mass is 9.83. The van der Waals surface area contributed by atoms with Crippen LogP contribution in [-0.4, -0.2) is 19.2 Å². The van der Waals surface area contributed by atoms with Gasteiger partial charge in [-0.3, -0.25) is 0 Å². The molecule has 178 valence electrons. The number of benzene rings is 3. The summed E-state index contributed by atoms with van der Waals surface area (Å²) < 4.78 is 22.8. The normalized spacial score (nSPS) is 14.4. The maximum absolute atomic E-state index is 12.6. The minimum Gasteiger partial charge on any atom is -0.490 e. The van der Waals surface area contributed by atoms with Crippen LogP contribution in [0.15, 0.2) is 72.1 Å². The van der Waals surface area contributed by atoms with Gasteiger partial charge in [0.1, 0.15) is 23.1 Å². The summed E-state index contributed by atoms with van der Waals surface area (Å²) in [5, 5.41) is 9.86. The maximum Gasteiger partial charge on any atom is 0.343 e. The molecule has 2 N–H and O–H groups in total. The van der Waals surface area contributed by atoms with Gasteiger partial charge in [-0.15, -0.1) is 0 Å². The molecule has 0 aromatic heterocycles. The molecule has 0 radical (unpaired) electrons. The van der Waals surface area contributed by atoms with E-state index in [1.807, 2.05) is 45.0 Å². The van der Waals surface area contributed by atoms with Crippen LogP contribution in [0.5, 0.6) is 23.0 Å². The van der Waals surface area contributed by atoms with Crippen molar-refractivity contribution in [1.29, 1.82) is 5.26 Å². The fourth-order valence-electron chi connectivity index (χ4n) is 4.03. The molecule has 7 nitrogen and oxygen atoms in total. The SMILES string of the molecule is CCOc1ccc(C2C(C#N)=C(N)Oc3cc(OC(=O)c4cccc(C)c4)ccc32)cc1OCC. The van der Waals surface area contributed by atoms with Gasteiger partial charge < -0.3 is 24.7 Å². The number of hydrogen-bond donors (Lipinski definition) is 1. The second kappa shape index (κ2) is 10.2. The van der Waals surface area contributed by atoms with E-state index < -0.39 is 11.9 Å². The lowest BCUT2D eigenvalue weighted by molar-refractivity contribution is 0.0734. The van der Waals surface area contributed by atoms with Gasteiger partial charge in [0.05, 0.1) is 24.7 Å². The van der Waals surface area contributed by atoms with Crippen molar-refractivity contribution in [3.05, 3.63) is 94.4 Å². The van der Waals surface area contributed by atoms with E-state index in [0.29, 0.717) is 41.8 Å². The van der Waals surface area contributed by atoms with Crippen molar-refractivity contribution in [1.82, 2.24) is 0 Å². The Labute approximate surface area is 204 Å². The van der Waals surface area contributed by atoms with Crippen LogP contribution in [0.25, 0.3) is 0 Å². The van der Waals surface area contributed by atoms with E-state index in [-0.39, 0.29) is 11.5 Å². The zero-order valence-corrected chi connectivity index (χ0v) is 19.8. The molecule has 1 aliphatic rings. The first kappa shape index (κ1) is 23.7. The van der Waals surface area contributed by atoms with Crippen LogP contribution in [0.1, 0.15) is 46.8 Å². The lowest BCUT2D eigenvalue weighted by Crippen LogP contribution is -2.21. The quantitative estimate of drug-likeness (QED) is 0.372. The van der Waals surface area contributed by atoms with Crippen LogP contribution in [0.4, 0.5) is 0 Å². The van der Waals surface area contributed by atoms with Crippen molar-refractivity contribution < 1.29 is 23.7 Å². The molecule has 35 heavy (non-hydrogen) atoms. The summed E-state index contributed by atoms with van der Waals surface area (Å²) in [6.45, 7) is 6.67. The third kappa shape index (κ3) is 4.92. The van der Waals surface area contributed by atoms with Crippen molar-refractivity contribution in [3.8, 4) is 29.1 Å². The van der Waals surface area contributed by atoms with Gasteiger partial charge in [-0.25, -0.2) is 4.79 Å². The second-order valence-corrected chi connectivity index (χ2v) is 7.96. The average molecular weight is 471 g/mol. The highest BCUT2D eigenvalue weighted by Gasteiger charge is 2.32. The molecule has 1 unspecified atom stereocenters. The van der Waals surface area contributed by atoms with E-state index in [4.69, 9.17) is 24.7 Å². The Kier molecular flexibility index (Phi) is 6.93. The molecule has 1 aliphatic heterocycles. The predicted molar refractivity (Wildman–Crippen MR) is 131 cm³/mol. The number of nitrogens with two attached hydrogens (primary N) is 1. The summed E-state index contributed by atoms with van der Waals surface area (Å²) in [5.74, 6) is 0.963. The molecule has 7 heteroatoms. The Morgan fingerprint density at radius 2 is 1.80 bits per heavy atom. The van der Waals surface area contributed by atoms with Gasteiger partial charge >= 0.3 is 5.97 Å². The molecule has 1 atom stereocenters. The number of carbonyl (C=O) groups is 1. The number of nitriles is 1. The highest BCUT2D eigenvalue weighted by atomic mass is 16.5. The van der Waals surface area contributed by atoms with Crippen molar-refractivity contribution >= 4 is 5.97 Å². The maximum atomic E-state index is 12.6. The summed E-state index contributed by atoms with van der Waals surface area (Å²) >= 11 is 0. The Morgan fingerprint density at radius 1 is 1.03 bits per heavy atom. The van der Waals surface area contributed by atoms with Crippen LogP contribution in [0.2, 0.25) is 0 Å². The minimum atomic E-state index is -0.486. The van der Waals surface area contributed by atoms with Crippen molar-refractivity contribution in [3.63, 3.8) is 0 Å². The third-order valence-corrected chi connectivity index (χ3v) is 5.56. The number of carbonyl (C=O) groups excluding carboxylic acids is 1. The number of hydrogen-bond acceptors (Lipinski definition) is 7. The largest absolute Gasteiger partial charge is 0.490 e. The first-order valence-corrected chi connectivity index (χ1v) is 11.3. The van der Waals surface area contributed by atoms with Crippen LogP contribution in [0, 0.1) is 18.3 Å². The molecular weight excluding hydrogens is 444 g/mol.